The van der Waals surface area contributed by atoms with Gasteiger partial charge in [-0.05, 0) is 6.92 Å². The highest BCUT2D eigenvalue weighted by molar-refractivity contribution is 7.89. The van der Waals surface area contributed by atoms with Gasteiger partial charge in [0.05, 0.1) is 24.1 Å². The summed E-state index contributed by atoms with van der Waals surface area (Å²) in [5, 5.41) is 6.37. The molecule has 102 valence electrons. The molecule has 2 atom stereocenters. The Morgan fingerprint density at radius 3 is 2.28 bits per heavy atom. The van der Waals surface area contributed by atoms with Crippen molar-refractivity contribution in [1.29, 1.82) is 0 Å². The molecule has 8 heteroatoms. The van der Waals surface area contributed by atoms with Crippen molar-refractivity contribution in [3.05, 3.63) is 11.9 Å². The summed E-state index contributed by atoms with van der Waals surface area (Å²) in [5.74, 6) is 0. The highest BCUT2D eigenvalue weighted by atomic mass is 32.2. The van der Waals surface area contributed by atoms with Crippen LogP contribution in [0.3, 0.4) is 0 Å². The van der Waals surface area contributed by atoms with Crippen LogP contribution in [-0.4, -0.2) is 62.4 Å². The van der Waals surface area contributed by atoms with E-state index in [9.17, 15) is 8.42 Å². The highest BCUT2D eigenvalue weighted by Gasteiger charge is 2.40. The van der Waals surface area contributed by atoms with E-state index in [0.717, 1.165) is 0 Å². The largest absolute Gasteiger partial charge is 0.377 e. The summed E-state index contributed by atoms with van der Waals surface area (Å²) >= 11 is 0. The number of nitrogens with zero attached hydrogens (tertiary/aromatic N) is 2. The van der Waals surface area contributed by atoms with E-state index >= 15 is 0 Å². The Hall–Kier alpha value is -0.960. The number of hydrogen-bond acceptors (Lipinski definition) is 5. The van der Waals surface area contributed by atoms with Gasteiger partial charge in [-0.2, -0.15) is 9.40 Å². The maximum Gasteiger partial charge on any atom is 0.246 e. The van der Waals surface area contributed by atoms with Gasteiger partial charge in [0.15, 0.2) is 0 Å². The second-order valence-corrected chi connectivity index (χ2v) is 6.14. The molecule has 1 aliphatic heterocycles. The van der Waals surface area contributed by atoms with E-state index in [1.54, 1.807) is 21.1 Å². The predicted octanol–water partition coefficient (Wildman–Crippen LogP) is -0.248. The molecule has 1 fully saturated rings. The van der Waals surface area contributed by atoms with Crippen LogP contribution in [0.25, 0.3) is 0 Å². The van der Waals surface area contributed by atoms with E-state index in [1.807, 2.05) is 0 Å². The Morgan fingerprint density at radius 2 is 1.89 bits per heavy atom. The van der Waals surface area contributed by atoms with Gasteiger partial charge >= 0.3 is 0 Å². The zero-order valence-electron chi connectivity index (χ0n) is 10.6. The van der Waals surface area contributed by atoms with Crippen molar-refractivity contribution in [2.75, 3.05) is 27.3 Å². The van der Waals surface area contributed by atoms with Crippen LogP contribution < -0.4 is 0 Å². The molecule has 18 heavy (non-hydrogen) atoms. The maximum atomic E-state index is 12.4. The number of ether oxygens (including phenoxy) is 2. The molecule has 2 rings (SSSR count). The molecule has 1 aromatic rings. The van der Waals surface area contributed by atoms with Crippen LogP contribution in [0.1, 0.15) is 5.69 Å². The Balaban J connectivity index is 2.26. The molecule has 0 amide bonds. The van der Waals surface area contributed by atoms with Gasteiger partial charge in [0, 0.05) is 27.3 Å². The van der Waals surface area contributed by atoms with Crippen LogP contribution in [-0.2, 0) is 19.5 Å². The highest BCUT2D eigenvalue weighted by Crippen LogP contribution is 2.24. The molecule has 1 aromatic heterocycles. The van der Waals surface area contributed by atoms with Crippen molar-refractivity contribution in [2.24, 2.45) is 0 Å². The minimum absolute atomic E-state index is 0.203. The van der Waals surface area contributed by atoms with Gasteiger partial charge in [0.2, 0.25) is 10.0 Å². The van der Waals surface area contributed by atoms with Crippen molar-refractivity contribution in [3.8, 4) is 0 Å². The predicted molar refractivity (Wildman–Crippen MR) is 63.7 cm³/mol. The van der Waals surface area contributed by atoms with Gasteiger partial charge in [0.1, 0.15) is 4.90 Å². The first-order valence-corrected chi connectivity index (χ1v) is 7.00. The summed E-state index contributed by atoms with van der Waals surface area (Å²) in [6.07, 6.45) is 0.848. The van der Waals surface area contributed by atoms with Crippen molar-refractivity contribution in [3.63, 3.8) is 0 Å². The number of aromatic nitrogens is 2. The van der Waals surface area contributed by atoms with E-state index in [0.29, 0.717) is 18.8 Å². The molecular weight excluding hydrogens is 258 g/mol. The zero-order chi connectivity index (χ0) is 13.3. The van der Waals surface area contributed by atoms with E-state index in [4.69, 9.17) is 9.47 Å². The summed E-state index contributed by atoms with van der Waals surface area (Å²) < 4.78 is 36.6. The average Bonchev–Trinajstić information content (AvgIpc) is 2.94. The number of sulfonamides is 1. The molecule has 0 spiro atoms. The first-order valence-electron chi connectivity index (χ1n) is 5.56. The molecular formula is C10H17N3O4S. The van der Waals surface area contributed by atoms with Gasteiger partial charge in [-0.1, -0.05) is 0 Å². The second kappa shape index (κ2) is 4.96. The summed E-state index contributed by atoms with van der Waals surface area (Å²) in [7, 11) is -0.429. The monoisotopic (exact) mass is 275 g/mol. The molecule has 0 radical (unpaired) electrons. The van der Waals surface area contributed by atoms with Crippen LogP contribution in [0, 0.1) is 6.92 Å². The maximum absolute atomic E-state index is 12.4. The Bertz CT molecular complexity index is 501. The number of rotatable bonds is 4. The van der Waals surface area contributed by atoms with Gasteiger partial charge < -0.3 is 9.47 Å². The summed E-state index contributed by atoms with van der Waals surface area (Å²) in [6, 6.07) is 0. The number of aromatic amines is 1. The molecule has 2 unspecified atom stereocenters. The van der Waals surface area contributed by atoms with Gasteiger partial charge in [-0.3, -0.25) is 5.10 Å². The van der Waals surface area contributed by atoms with Crippen molar-refractivity contribution in [2.45, 2.75) is 24.0 Å². The first kappa shape index (κ1) is 13.5. The molecule has 1 saturated heterocycles. The van der Waals surface area contributed by atoms with Gasteiger partial charge in [-0.25, -0.2) is 8.42 Å². The number of H-pyrrole nitrogens is 1. The summed E-state index contributed by atoms with van der Waals surface area (Å²) in [6.45, 7) is 2.27. The molecule has 7 nitrogen and oxygen atoms in total. The van der Waals surface area contributed by atoms with Crippen LogP contribution in [0.2, 0.25) is 0 Å². The number of methoxy groups -OCH3 is 2. The number of hydrogen-bond donors (Lipinski definition) is 1. The van der Waals surface area contributed by atoms with Gasteiger partial charge in [-0.15, -0.1) is 0 Å². The minimum atomic E-state index is -3.53. The SMILES string of the molecule is COC1CN(S(=O)(=O)c2cn[nH]c2C)CC1OC. The van der Waals surface area contributed by atoms with Crippen LogP contribution in [0.4, 0.5) is 0 Å². The third-order valence-corrected chi connectivity index (χ3v) is 5.13. The lowest BCUT2D eigenvalue weighted by atomic mass is 10.3. The fourth-order valence-corrected chi connectivity index (χ4v) is 3.68. The molecule has 2 heterocycles. The lowest BCUT2D eigenvalue weighted by molar-refractivity contribution is -0.00461. The van der Waals surface area contributed by atoms with E-state index in [2.05, 4.69) is 10.2 Å². The standard InChI is InChI=1S/C10H17N3O4S/c1-7-10(4-11-12-7)18(14,15)13-5-8(16-2)9(6-13)17-3/h4,8-9H,5-6H2,1-3H3,(H,11,12). The smallest absolute Gasteiger partial charge is 0.246 e. The molecule has 1 N–H and O–H groups in total. The zero-order valence-corrected chi connectivity index (χ0v) is 11.4. The molecule has 0 aromatic carbocycles. The molecule has 0 saturated carbocycles. The lowest BCUT2D eigenvalue weighted by Crippen LogP contribution is -2.30. The summed E-state index contributed by atoms with van der Waals surface area (Å²) in [5.41, 5.74) is 0.532. The van der Waals surface area contributed by atoms with Crippen molar-refractivity contribution in [1.82, 2.24) is 14.5 Å². The van der Waals surface area contributed by atoms with Gasteiger partial charge in [0.25, 0.3) is 0 Å². The topological polar surface area (TPSA) is 84.5 Å². The molecule has 0 bridgehead atoms. The Labute approximate surface area is 106 Å². The third kappa shape index (κ3) is 2.16. The fourth-order valence-electron chi connectivity index (χ4n) is 2.10. The average molecular weight is 275 g/mol. The Kier molecular flexibility index (Phi) is 3.71. The number of aryl methyl sites for hydroxylation is 1. The molecule has 1 aliphatic rings. The van der Waals surface area contributed by atoms with Crippen molar-refractivity contribution >= 4 is 10.0 Å². The normalized spacial score (nSPS) is 25.7. The van der Waals surface area contributed by atoms with Crippen LogP contribution >= 0.6 is 0 Å². The molecule has 0 aliphatic carbocycles. The van der Waals surface area contributed by atoms with E-state index in [1.165, 1.54) is 10.5 Å². The van der Waals surface area contributed by atoms with Crippen molar-refractivity contribution < 1.29 is 17.9 Å². The van der Waals surface area contributed by atoms with E-state index < -0.39 is 10.0 Å². The Morgan fingerprint density at radius 1 is 1.33 bits per heavy atom. The first-order chi connectivity index (χ1) is 8.50. The quantitative estimate of drug-likeness (QED) is 0.819. The third-order valence-electron chi connectivity index (χ3n) is 3.19. The second-order valence-electron chi connectivity index (χ2n) is 4.23. The summed E-state index contributed by atoms with van der Waals surface area (Å²) in [4.78, 5) is 0.203. The minimum Gasteiger partial charge on any atom is -0.377 e. The van der Waals surface area contributed by atoms with E-state index in [-0.39, 0.29) is 17.1 Å². The van der Waals surface area contributed by atoms with Crippen LogP contribution in [0.5, 0.6) is 0 Å². The fraction of sp³-hybridized carbons (Fsp3) is 0.700. The lowest BCUT2D eigenvalue weighted by Gasteiger charge is -2.14. The number of nitrogens with one attached hydrogen (secondary N) is 1. The van der Waals surface area contributed by atoms with Crippen LogP contribution in [0.15, 0.2) is 11.1 Å².